The Morgan fingerprint density at radius 2 is 1.81 bits per heavy atom. The molecule has 1 saturated heterocycles. The number of hydrogen-bond acceptors (Lipinski definition) is 5. The Bertz CT molecular complexity index is 1340. The van der Waals surface area contributed by atoms with Crippen LogP contribution in [0.2, 0.25) is 0 Å². The SMILES string of the molecule is C[C@@](O)(c1ccc(N2CCN(S(=O)(=O)C3=CC=CCC3=S)C[C@@H]2Cc2cccc(F)c2)cc1)C(F)(F)F. The first kappa shape index (κ1) is 27.4. The number of rotatable bonds is 6. The van der Waals surface area contributed by atoms with Crippen molar-refractivity contribution in [3.05, 3.63) is 88.6 Å². The molecule has 0 saturated carbocycles. The highest BCUT2D eigenvalue weighted by Crippen LogP contribution is 2.39. The molecular formula is C26H26F4N2O3S2. The van der Waals surface area contributed by atoms with Gasteiger partial charge in [-0.3, -0.25) is 0 Å². The normalized spacial score (nSPS) is 21.0. The van der Waals surface area contributed by atoms with E-state index in [-0.39, 0.29) is 30.1 Å². The Labute approximate surface area is 218 Å². The third-order valence-corrected chi connectivity index (χ3v) is 9.16. The van der Waals surface area contributed by atoms with Gasteiger partial charge < -0.3 is 10.0 Å². The third-order valence-electron chi connectivity index (χ3n) is 6.70. The largest absolute Gasteiger partial charge is 0.421 e. The van der Waals surface area contributed by atoms with Gasteiger partial charge in [-0.1, -0.05) is 48.6 Å². The lowest BCUT2D eigenvalue weighted by molar-refractivity contribution is -0.258. The zero-order valence-corrected chi connectivity index (χ0v) is 21.6. The Balaban J connectivity index is 1.65. The molecule has 0 aromatic heterocycles. The first-order chi connectivity index (χ1) is 17.3. The Morgan fingerprint density at radius 3 is 2.43 bits per heavy atom. The number of halogens is 4. The second-order valence-corrected chi connectivity index (χ2v) is 11.6. The van der Waals surface area contributed by atoms with Crippen molar-refractivity contribution in [2.75, 3.05) is 24.5 Å². The lowest BCUT2D eigenvalue weighted by atomic mass is 9.94. The highest BCUT2D eigenvalue weighted by atomic mass is 32.2. The zero-order chi connectivity index (χ0) is 27.0. The molecule has 2 aromatic rings. The van der Waals surface area contributed by atoms with Gasteiger partial charge in [-0.25, -0.2) is 12.8 Å². The average molecular weight is 555 g/mol. The van der Waals surface area contributed by atoms with E-state index >= 15 is 0 Å². The number of aliphatic hydroxyl groups is 1. The van der Waals surface area contributed by atoms with Gasteiger partial charge in [0.15, 0.2) is 5.60 Å². The van der Waals surface area contributed by atoms with E-state index in [0.717, 1.165) is 0 Å². The summed E-state index contributed by atoms with van der Waals surface area (Å²) in [6, 6.07) is 10.9. The van der Waals surface area contributed by atoms with E-state index in [9.17, 15) is 31.1 Å². The highest BCUT2D eigenvalue weighted by Gasteiger charge is 2.51. The van der Waals surface area contributed by atoms with Crippen molar-refractivity contribution in [3.8, 4) is 0 Å². The summed E-state index contributed by atoms with van der Waals surface area (Å²) in [6.07, 6.45) is 0.737. The van der Waals surface area contributed by atoms with Crippen LogP contribution in [0, 0.1) is 5.82 Å². The summed E-state index contributed by atoms with van der Waals surface area (Å²) in [6.45, 7) is 1.15. The number of thiocarbonyl (C=S) groups is 1. The van der Waals surface area contributed by atoms with Crippen LogP contribution in [0.3, 0.4) is 0 Å². The molecule has 11 heteroatoms. The molecule has 5 nitrogen and oxygen atoms in total. The van der Waals surface area contributed by atoms with Crippen molar-refractivity contribution in [2.45, 2.75) is 37.6 Å². The molecule has 0 radical (unpaired) electrons. The minimum atomic E-state index is -4.85. The lowest BCUT2D eigenvalue weighted by Gasteiger charge is -2.43. The maximum atomic E-state index is 13.9. The average Bonchev–Trinajstić information content (AvgIpc) is 2.83. The monoisotopic (exact) mass is 554 g/mol. The van der Waals surface area contributed by atoms with Crippen molar-refractivity contribution in [2.24, 2.45) is 0 Å². The van der Waals surface area contributed by atoms with Gasteiger partial charge in [-0.15, -0.1) is 0 Å². The molecule has 1 aliphatic carbocycles. The van der Waals surface area contributed by atoms with Crippen molar-refractivity contribution in [1.29, 1.82) is 0 Å². The van der Waals surface area contributed by atoms with Crippen LogP contribution in [-0.4, -0.2) is 54.5 Å². The van der Waals surface area contributed by atoms with Gasteiger partial charge in [-0.2, -0.15) is 17.5 Å². The molecule has 1 N–H and O–H groups in total. The molecule has 2 aromatic carbocycles. The molecule has 0 spiro atoms. The standard InChI is InChI=1S/C26H26F4N2O3S2/c1-25(33,26(28,29)30)19-9-11-21(12-10-19)32-14-13-31(37(34,35)24-8-3-2-7-23(24)36)17-22(32)16-18-5-4-6-20(27)15-18/h2-6,8-12,15,22,33H,7,13-14,16-17H2,1H3/t22-,25+/m0/s1. The predicted octanol–water partition coefficient (Wildman–Crippen LogP) is 4.87. The zero-order valence-electron chi connectivity index (χ0n) is 20.0. The van der Waals surface area contributed by atoms with E-state index in [0.29, 0.717) is 35.9 Å². The van der Waals surface area contributed by atoms with Gasteiger partial charge in [0.2, 0.25) is 10.0 Å². The summed E-state index contributed by atoms with van der Waals surface area (Å²) in [7, 11) is -3.87. The molecular weight excluding hydrogens is 528 g/mol. The molecule has 2 atom stereocenters. The molecule has 2 aliphatic rings. The summed E-state index contributed by atoms with van der Waals surface area (Å²) in [5.74, 6) is -0.424. The molecule has 4 rings (SSSR count). The quantitative estimate of drug-likeness (QED) is 0.408. The maximum absolute atomic E-state index is 13.9. The lowest BCUT2D eigenvalue weighted by Crippen LogP contribution is -2.56. The first-order valence-corrected chi connectivity index (χ1v) is 13.5. The van der Waals surface area contributed by atoms with Crippen molar-refractivity contribution in [1.82, 2.24) is 4.31 Å². The number of anilines is 1. The fourth-order valence-corrected chi connectivity index (χ4v) is 6.60. The summed E-state index contributed by atoms with van der Waals surface area (Å²) in [4.78, 5) is 2.32. The molecule has 0 unspecified atom stereocenters. The van der Waals surface area contributed by atoms with Crippen LogP contribution in [0.5, 0.6) is 0 Å². The van der Waals surface area contributed by atoms with Crippen LogP contribution in [0.15, 0.2) is 71.7 Å². The predicted molar refractivity (Wildman–Crippen MR) is 138 cm³/mol. The van der Waals surface area contributed by atoms with Crippen LogP contribution in [0.4, 0.5) is 23.2 Å². The first-order valence-electron chi connectivity index (χ1n) is 11.6. The summed E-state index contributed by atoms with van der Waals surface area (Å²) in [5.41, 5.74) is -2.10. The number of allylic oxidation sites excluding steroid dienone is 4. The number of nitrogens with zero attached hydrogens (tertiary/aromatic N) is 2. The molecule has 0 amide bonds. The van der Waals surface area contributed by atoms with E-state index < -0.39 is 33.7 Å². The number of hydrogen-bond donors (Lipinski definition) is 1. The van der Waals surface area contributed by atoms with Crippen LogP contribution < -0.4 is 4.90 Å². The molecule has 1 aliphatic heterocycles. The smallest absolute Gasteiger partial charge is 0.376 e. The second kappa shape index (κ2) is 10.3. The van der Waals surface area contributed by atoms with Crippen LogP contribution in [-0.2, 0) is 22.0 Å². The molecule has 1 heterocycles. The van der Waals surface area contributed by atoms with E-state index in [1.54, 1.807) is 24.3 Å². The topological polar surface area (TPSA) is 60.9 Å². The molecule has 0 bridgehead atoms. The summed E-state index contributed by atoms with van der Waals surface area (Å²) >= 11 is 5.28. The third kappa shape index (κ3) is 5.64. The molecule has 1 fully saturated rings. The van der Waals surface area contributed by atoms with Gasteiger partial charge in [0, 0.05) is 42.6 Å². The molecule has 198 valence electrons. The van der Waals surface area contributed by atoms with Gasteiger partial charge >= 0.3 is 6.18 Å². The van der Waals surface area contributed by atoms with Crippen LogP contribution in [0.1, 0.15) is 24.5 Å². The van der Waals surface area contributed by atoms with E-state index in [4.69, 9.17) is 12.2 Å². The van der Waals surface area contributed by atoms with Gasteiger partial charge in [0.25, 0.3) is 0 Å². The number of piperazine rings is 1. The Morgan fingerprint density at radius 1 is 1.11 bits per heavy atom. The van der Waals surface area contributed by atoms with Crippen LogP contribution >= 0.6 is 12.2 Å². The number of benzene rings is 2. The fourth-order valence-electron chi connectivity index (χ4n) is 4.53. The van der Waals surface area contributed by atoms with Crippen molar-refractivity contribution in [3.63, 3.8) is 0 Å². The minimum Gasteiger partial charge on any atom is -0.376 e. The van der Waals surface area contributed by atoms with Gasteiger partial charge in [-0.05, 0) is 54.8 Å². The van der Waals surface area contributed by atoms with Gasteiger partial charge in [0.1, 0.15) is 5.82 Å². The second-order valence-electron chi connectivity index (χ2n) is 9.25. The summed E-state index contributed by atoms with van der Waals surface area (Å²) in [5, 5.41) is 10.00. The van der Waals surface area contributed by atoms with Crippen LogP contribution in [0.25, 0.3) is 0 Å². The van der Waals surface area contributed by atoms with Crippen molar-refractivity contribution < 1.29 is 31.1 Å². The van der Waals surface area contributed by atoms with E-state index in [1.165, 1.54) is 46.8 Å². The maximum Gasteiger partial charge on any atom is 0.421 e. The Hall–Kier alpha value is -2.60. The highest BCUT2D eigenvalue weighted by molar-refractivity contribution is 7.96. The van der Waals surface area contributed by atoms with E-state index in [1.807, 2.05) is 4.90 Å². The summed E-state index contributed by atoms with van der Waals surface area (Å²) < 4.78 is 81.9. The fraction of sp³-hybridized carbons (Fsp3) is 0.346. The number of sulfonamides is 1. The number of alkyl halides is 3. The van der Waals surface area contributed by atoms with E-state index in [2.05, 4.69) is 0 Å². The molecule has 37 heavy (non-hydrogen) atoms. The van der Waals surface area contributed by atoms with Crippen molar-refractivity contribution >= 4 is 32.8 Å². The Kier molecular flexibility index (Phi) is 7.62. The van der Waals surface area contributed by atoms with Gasteiger partial charge in [0.05, 0.1) is 4.91 Å². The minimum absolute atomic E-state index is 0.0739.